The van der Waals surface area contributed by atoms with Crippen molar-refractivity contribution in [1.82, 2.24) is 9.84 Å². The predicted octanol–water partition coefficient (Wildman–Crippen LogP) is 2.25. The van der Waals surface area contributed by atoms with Gasteiger partial charge in [-0.05, 0) is 49.4 Å². The van der Waals surface area contributed by atoms with Gasteiger partial charge in [-0.15, -0.1) is 4.83 Å². The monoisotopic (exact) mass is 471 g/mol. The summed E-state index contributed by atoms with van der Waals surface area (Å²) < 4.78 is 48.6. The molecule has 174 valence electrons. The molecule has 2 aliphatic heterocycles. The van der Waals surface area contributed by atoms with Crippen molar-refractivity contribution in [2.75, 3.05) is 30.0 Å². The van der Waals surface area contributed by atoms with E-state index in [0.29, 0.717) is 37.2 Å². The lowest BCUT2D eigenvalue weighted by Crippen LogP contribution is -2.52. The first-order chi connectivity index (χ1) is 14.6. The molecule has 2 heterocycles. The van der Waals surface area contributed by atoms with E-state index in [-0.39, 0.29) is 11.7 Å². The van der Waals surface area contributed by atoms with E-state index < -0.39 is 25.9 Å². The molecule has 1 aromatic rings. The average Bonchev–Trinajstić information content (AvgIpc) is 3.32. The Balaban J connectivity index is 1.69. The Morgan fingerprint density at radius 3 is 2.55 bits per heavy atom. The molecule has 1 unspecified atom stereocenters. The summed E-state index contributed by atoms with van der Waals surface area (Å²) in [7, 11) is -6.79. The van der Waals surface area contributed by atoms with Crippen molar-refractivity contribution in [3.63, 3.8) is 0 Å². The van der Waals surface area contributed by atoms with E-state index in [1.54, 1.807) is 23.1 Å². The summed E-state index contributed by atoms with van der Waals surface area (Å²) in [5, 5.41) is 1.49. The third-order valence-electron chi connectivity index (χ3n) is 5.91. The zero-order valence-electron chi connectivity index (χ0n) is 18.3. The van der Waals surface area contributed by atoms with Crippen molar-refractivity contribution < 1.29 is 21.6 Å². The number of hydrazine groups is 1. The van der Waals surface area contributed by atoms with Gasteiger partial charge in [0.15, 0.2) is 9.84 Å². The molecule has 0 aromatic heterocycles. The summed E-state index contributed by atoms with van der Waals surface area (Å²) in [4.78, 5) is 17.6. The molecular weight excluding hydrogens is 438 g/mol. The standard InChI is InChI=1S/C21H33N3O5S2/c1-3-4-5-6-7-15-31(28,29)18-10-11-19-17(16-18)12-14-23(19)21(25)20-9-8-13-24(20)22-30(2,26)27/h10-11,16,20,22H,3-9,12-15H2,1-2H3. The van der Waals surface area contributed by atoms with Gasteiger partial charge in [0, 0.05) is 18.8 Å². The Morgan fingerprint density at radius 2 is 1.84 bits per heavy atom. The highest BCUT2D eigenvalue weighted by molar-refractivity contribution is 7.91. The van der Waals surface area contributed by atoms with Crippen molar-refractivity contribution in [1.29, 1.82) is 0 Å². The Morgan fingerprint density at radius 1 is 1.10 bits per heavy atom. The zero-order chi connectivity index (χ0) is 22.6. The second kappa shape index (κ2) is 9.97. The van der Waals surface area contributed by atoms with Crippen LogP contribution in [0, 0.1) is 0 Å². The molecular formula is C21H33N3O5S2. The van der Waals surface area contributed by atoms with E-state index in [1.807, 2.05) is 0 Å². The van der Waals surface area contributed by atoms with Crippen LogP contribution in [0.1, 0.15) is 57.4 Å². The highest BCUT2D eigenvalue weighted by atomic mass is 32.2. The number of anilines is 1. The number of sulfonamides is 1. The van der Waals surface area contributed by atoms with Gasteiger partial charge < -0.3 is 4.90 Å². The van der Waals surface area contributed by atoms with Gasteiger partial charge in [0.1, 0.15) is 6.04 Å². The van der Waals surface area contributed by atoms with Crippen LogP contribution in [0.5, 0.6) is 0 Å². The molecule has 0 aliphatic carbocycles. The van der Waals surface area contributed by atoms with Crippen molar-refractivity contribution >= 4 is 31.5 Å². The Hall–Kier alpha value is -1.49. The predicted molar refractivity (Wildman–Crippen MR) is 121 cm³/mol. The van der Waals surface area contributed by atoms with Gasteiger partial charge in [0.25, 0.3) is 0 Å². The van der Waals surface area contributed by atoms with Crippen molar-refractivity contribution in [2.24, 2.45) is 0 Å². The Bertz CT molecular complexity index is 1010. The molecule has 1 N–H and O–H groups in total. The van der Waals surface area contributed by atoms with Crippen LogP contribution in [0.25, 0.3) is 0 Å². The Kier molecular flexibility index (Phi) is 7.77. The average molecular weight is 472 g/mol. The molecule has 31 heavy (non-hydrogen) atoms. The minimum atomic E-state index is -3.45. The number of nitrogens with one attached hydrogen (secondary N) is 1. The van der Waals surface area contributed by atoms with Crippen LogP contribution >= 0.6 is 0 Å². The van der Waals surface area contributed by atoms with Crippen molar-refractivity contribution in [3.05, 3.63) is 23.8 Å². The van der Waals surface area contributed by atoms with Crippen LogP contribution in [0.3, 0.4) is 0 Å². The van der Waals surface area contributed by atoms with Gasteiger partial charge in [0.2, 0.25) is 15.9 Å². The van der Waals surface area contributed by atoms with Gasteiger partial charge in [-0.1, -0.05) is 32.6 Å². The number of benzene rings is 1. The first-order valence-corrected chi connectivity index (χ1v) is 14.6. The first-order valence-electron chi connectivity index (χ1n) is 11.0. The Labute approximate surface area is 185 Å². The van der Waals surface area contributed by atoms with Crippen LogP contribution in [0.4, 0.5) is 5.69 Å². The second-order valence-corrected chi connectivity index (χ2v) is 12.3. The van der Waals surface area contributed by atoms with E-state index in [9.17, 15) is 21.6 Å². The number of carbonyl (C=O) groups is 1. The molecule has 1 saturated heterocycles. The van der Waals surface area contributed by atoms with Crippen LogP contribution < -0.4 is 9.73 Å². The van der Waals surface area contributed by atoms with Crippen LogP contribution in [0.15, 0.2) is 23.1 Å². The fourth-order valence-electron chi connectivity index (χ4n) is 4.34. The maximum Gasteiger partial charge on any atom is 0.245 e. The zero-order valence-corrected chi connectivity index (χ0v) is 20.0. The molecule has 0 radical (unpaired) electrons. The summed E-state index contributed by atoms with van der Waals surface area (Å²) in [6.45, 7) is 3.08. The van der Waals surface area contributed by atoms with E-state index in [4.69, 9.17) is 0 Å². The third-order valence-corrected chi connectivity index (χ3v) is 8.27. The highest BCUT2D eigenvalue weighted by Gasteiger charge is 2.37. The molecule has 0 spiro atoms. The minimum absolute atomic E-state index is 0.145. The maximum atomic E-state index is 13.1. The summed E-state index contributed by atoms with van der Waals surface area (Å²) in [6.07, 6.45) is 7.86. The number of rotatable bonds is 10. The first kappa shape index (κ1) is 24.2. The number of nitrogens with zero attached hydrogens (tertiary/aromatic N) is 2. The minimum Gasteiger partial charge on any atom is -0.310 e. The van der Waals surface area contributed by atoms with Crippen LogP contribution in [0.2, 0.25) is 0 Å². The lowest BCUT2D eigenvalue weighted by Gasteiger charge is -2.27. The van der Waals surface area contributed by atoms with Gasteiger partial charge in [-0.2, -0.15) is 0 Å². The number of fused-ring (bicyclic) bond motifs is 1. The highest BCUT2D eigenvalue weighted by Crippen LogP contribution is 2.32. The van der Waals surface area contributed by atoms with Gasteiger partial charge in [-0.25, -0.2) is 21.8 Å². The quantitative estimate of drug-likeness (QED) is 0.525. The fourth-order valence-corrected chi connectivity index (χ4v) is 6.40. The molecule has 1 aromatic carbocycles. The number of hydrogen-bond donors (Lipinski definition) is 1. The van der Waals surface area contributed by atoms with E-state index in [0.717, 1.165) is 49.6 Å². The number of carbonyl (C=O) groups excluding carboxylic acids is 1. The van der Waals surface area contributed by atoms with Gasteiger partial charge >= 0.3 is 0 Å². The topological polar surface area (TPSA) is 104 Å². The molecule has 1 fully saturated rings. The third kappa shape index (κ3) is 6.06. The van der Waals surface area contributed by atoms with E-state index in [2.05, 4.69) is 11.8 Å². The molecule has 8 nitrogen and oxygen atoms in total. The largest absolute Gasteiger partial charge is 0.310 e. The molecule has 10 heteroatoms. The summed E-state index contributed by atoms with van der Waals surface area (Å²) in [6, 6.07) is 4.46. The number of sulfone groups is 1. The SMILES string of the molecule is CCCCCCCS(=O)(=O)c1ccc2c(c1)CCN2C(=O)C1CCCN1NS(C)(=O)=O. The molecule has 1 amide bonds. The lowest BCUT2D eigenvalue weighted by molar-refractivity contribution is -0.123. The summed E-state index contributed by atoms with van der Waals surface area (Å²) >= 11 is 0. The smallest absolute Gasteiger partial charge is 0.245 e. The lowest BCUT2D eigenvalue weighted by atomic mass is 10.1. The molecule has 2 aliphatic rings. The summed E-state index contributed by atoms with van der Waals surface area (Å²) in [5.74, 6) is -0.00859. The van der Waals surface area contributed by atoms with E-state index >= 15 is 0 Å². The van der Waals surface area contributed by atoms with Gasteiger partial charge in [-0.3, -0.25) is 4.79 Å². The van der Waals surface area contributed by atoms with Crippen LogP contribution in [-0.2, 0) is 31.1 Å². The molecule has 0 saturated carbocycles. The summed E-state index contributed by atoms with van der Waals surface area (Å²) in [5.41, 5.74) is 1.57. The normalized spacial score (nSPS) is 19.7. The fraction of sp³-hybridized carbons (Fsp3) is 0.667. The number of hydrogen-bond acceptors (Lipinski definition) is 6. The maximum absolute atomic E-state index is 13.1. The van der Waals surface area contributed by atoms with Crippen LogP contribution in [-0.4, -0.2) is 58.9 Å². The molecule has 0 bridgehead atoms. The van der Waals surface area contributed by atoms with Crippen molar-refractivity contribution in [2.45, 2.75) is 69.2 Å². The number of unbranched alkanes of at least 4 members (excludes halogenated alkanes) is 4. The molecule has 3 rings (SSSR count). The van der Waals surface area contributed by atoms with E-state index in [1.165, 1.54) is 5.01 Å². The van der Waals surface area contributed by atoms with Gasteiger partial charge in [0.05, 0.1) is 16.9 Å². The number of amides is 1. The molecule has 1 atom stereocenters. The van der Waals surface area contributed by atoms with Crippen molar-refractivity contribution in [3.8, 4) is 0 Å². The second-order valence-electron chi connectivity index (χ2n) is 8.48.